The van der Waals surface area contributed by atoms with Crippen LogP contribution in [0, 0.1) is 0 Å². The fourth-order valence-corrected chi connectivity index (χ4v) is 2.27. The van der Waals surface area contributed by atoms with E-state index in [1.807, 2.05) is 32.3 Å². The number of carbonyl (C=O) groups excluding carboxylic acids is 1. The van der Waals surface area contributed by atoms with Gasteiger partial charge in [0.05, 0.1) is 6.04 Å². The lowest BCUT2D eigenvalue weighted by molar-refractivity contribution is 0.201. The van der Waals surface area contributed by atoms with Crippen molar-refractivity contribution in [1.82, 2.24) is 14.8 Å². The van der Waals surface area contributed by atoms with Gasteiger partial charge in [-0.3, -0.25) is 0 Å². The van der Waals surface area contributed by atoms with Gasteiger partial charge in [-0.25, -0.2) is 9.78 Å². The number of rotatable bonds is 1. The highest BCUT2D eigenvalue weighted by Gasteiger charge is 2.33. The second-order valence-corrected chi connectivity index (χ2v) is 4.37. The second-order valence-electron chi connectivity index (χ2n) is 4.37. The molecule has 2 aromatic rings. The molecule has 0 spiro atoms. The Labute approximate surface area is 98.6 Å². The Morgan fingerprint density at radius 2 is 2.24 bits per heavy atom. The minimum Gasteiger partial charge on any atom is -0.443 e. The maximum absolute atomic E-state index is 11.7. The number of carbonyl (C=O) groups is 1. The number of likely N-dealkylation sites (N-methyl/N-ethyl adjacent to an activating group) is 2. The van der Waals surface area contributed by atoms with Crippen molar-refractivity contribution in [2.75, 3.05) is 20.6 Å². The third kappa shape index (κ3) is 1.46. The first-order chi connectivity index (χ1) is 8.16. The first-order valence-corrected chi connectivity index (χ1v) is 5.48. The molecule has 0 bridgehead atoms. The minimum atomic E-state index is 0.0488. The third-order valence-corrected chi connectivity index (χ3v) is 3.28. The van der Waals surface area contributed by atoms with Crippen molar-refractivity contribution in [3.8, 4) is 0 Å². The standard InChI is InChI=1S/C12H13N3O2/c1-14-6-10(15(2)12(14)16)8-3-4-9-11(5-8)17-7-13-9/h3-5,7,10H,6H2,1-2H3. The highest BCUT2D eigenvalue weighted by Crippen LogP contribution is 2.28. The van der Waals surface area contributed by atoms with E-state index in [4.69, 9.17) is 4.42 Å². The molecule has 0 saturated carbocycles. The Hall–Kier alpha value is -2.04. The van der Waals surface area contributed by atoms with Crippen LogP contribution in [-0.2, 0) is 0 Å². The van der Waals surface area contributed by atoms with Crippen LogP contribution in [0.15, 0.2) is 29.0 Å². The van der Waals surface area contributed by atoms with Crippen LogP contribution in [0.1, 0.15) is 11.6 Å². The Balaban J connectivity index is 2.01. The predicted octanol–water partition coefficient (Wildman–Crippen LogP) is 1.87. The molecule has 1 aliphatic heterocycles. The van der Waals surface area contributed by atoms with E-state index < -0.39 is 0 Å². The van der Waals surface area contributed by atoms with Gasteiger partial charge in [-0.1, -0.05) is 6.07 Å². The molecule has 1 aromatic carbocycles. The molecule has 2 heterocycles. The van der Waals surface area contributed by atoms with E-state index in [-0.39, 0.29) is 12.1 Å². The SMILES string of the molecule is CN1CC(c2ccc3ncoc3c2)N(C)C1=O. The van der Waals surface area contributed by atoms with Crippen molar-refractivity contribution in [3.05, 3.63) is 30.2 Å². The summed E-state index contributed by atoms with van der Waals surface area (Å²) in [5.41, 5.74) is 2.68. The molecular weight excluding hydrogens is 218 g/mol. The fraction of sp³-hybridized carbons (Fsp3) is 0.333. The lowest BCUT2D eigenvalue weighted by Gasteiger charge is -2.17. The van der Waals surface area contributed by atoms with Gasteiger partial charge in [0.15, 0.2) is 12.0 Å². The van der Waals surface area contributed by atoms with Crippen molar-refractivity contribution in [2.45, 2.75) is 6.04 Å². The maximum atomic E-state index is 11.7. The molecule has 0 radical (unpaired) electrons. The number of aromatic nitrogens is 1. The number of fused-ring (bicyclic) bond motifs is 1. The highest BCUT2D eigenvalue weighted by molar-refractivity contribution is 5.78. The first kappa shape index (κ1) is 10.1. The van der Waals surface area contributed by atoms with Crippen LogP contribution < -0.4 is 0 Å². The van der Waals surface area contributed by atoms with Crippen LogP contribution in [0.2, 0.25) is 0 Å². The number of benzene rings is 1. The third-order valence-electron chi connectivity index (χ3n) is 3.28. The summed E-state index contributed by atoms with van der Waals surface area (Å²) in [5.74, 6) is 0. The van der Waals surface area contributed by atoms with Crippen molar-refractivity contribution in [3.63, 3.8) is 0 Å². The molecular formula is C12H13N3O2. The number of nitrogens with zero attached hydrogens (tertiary/aromatic N) is 3. The van der Waals surface area contributed by atoms with Crippen LogP contribution in [0.5, 0.6) is 0 Å². The Kier molecular flexibility index (Phi) is 2.07. The largest absolute Gasteiger partial charge is 0.443 e. The van der Waals surface area contributed by atoms with Gasteiger partial charge in [-0.15, -0.1) is 0 Å². The molecule has 17 heavy (non-hydrogen) atoms. The molecule has 1 fully saturated rings. The number of hydrogen-bond acceptors (Lipinski definition) is 3. The number of hydrogen-bond donors (Lipinski definition) is 0. The minimum absolute atomic E-state index is 0.0488. The van der Waals surface area contributed by atoms with Gasteiger partial charge in [-0.05, 0) is 17.7 Å². The Morgan fingerprint density at radius 3 is 2.94 bits per heavy atom. The number of amides is 2. The van der Waals surface area contributed by atoms with E-state index in [0.717, 1.165) is 16.7 Å². The summed E-state index contributed by atoms with van der Waals surface area (Å²) < 4.78 is 5.28. The normalized spacial score (nSPS) is 20.6. The molecule has 88 valence electrons. The predicted molar refractivity (Wildman–Crippen MR) is 62.5 cm³/mol. The number of urea groups is 1. The van der Waals surface area contributed by atoms with E-state index in [0.29, 0.717) is 6.54 Å². The smallest absolute Gasteiger partial charge is 0.320 e. The molecule has 1 aromatic heterocycles. The Bertz CT molecular complexity index is 578. The van der Waals surface area contributed by atoms with Gasteiger partial charge in [-0.2, -0.15) is 0 Å². The van der Waals surface area contributed by atoms with E-state index >= 15 is 0 Å². The van der Waals surface area contributed by atoms with Crippen LogP contribution in [0.4, 0.5) is 4.79 Å². The summed E-state index contributed by atoms with van der Waals surface area (Å²) in [6, 6.07) is 6.01. The maximum Gasteiger partial charge on any atom is 0.320 e. The zero-order valence-electron chi connectivity index (χ0n) is 9.75. The van der Waals surface area contributed by atoms with Crippen molar-refractivity contribution in [1.29, 1.82) is 0 Å². The summed E-state index contributed by atoms with van der Waals surface area (Å²) in [7, 11) is 3.63. The summed E-state index contributed by atoms with van der Waals surface area (Å²) in [5, 5.41) is 0. The van der Waals surface area contributed by atoms with Crippen molar-refractivity contribution < 1.29 is 9.21 Å². The van der Waals surface area contributed by atoms with E-state index in [1.165, 1.54) is 6.39 Å². The summed E-state index contributed by atoms with van der Waals surface area (Å²) in [6.07, 6.45) is 1.43. The van der Waals surface area contributed by atoms with Gasteiger partial charge in [0.2, 0.25) is 0 Å². The lowest BCUT2D eigenvalue weighted by atomic mass is 10.1. The van der Waals surface area contributed by atoms with Crippen LogP contribution in [0.25, 0.3) is 11.1 Å². The monoisotopic (exact) mass is 231 g/mol. The molecule has 0 N–H and O–H groups in total. The van der Waals surface area contributed by atoms with Gasteiger partial charge >= 0.3 is 6.03 Å². The quantitative estimate of drug-likeness (QED) is 0.752. The van der Waals surface area contributed by atoms with E-state index in [1.54, 1.807) is 9.80 Å². The summed E-state index contributed by atoms with van der Waals surface area (Å²) >= 11 is 0. The van der Waals surface area contributed by atoms with Gasteiger partial charge in [0.1, 0.15) is 5.52 Å². The molecule has 5 nitrogen and oxygen atoms in total. The molecule has 5 heteroatoms. The summed E-state index contributed by atoms with van der Waals surface area (Å²) in [6.45, 7) is 0.703. The zero-order chi connectivity index (χ0) is 12.0. The number of oxazole rings is 1. The topological polar surface area (TPSA) is 49.6 Å². The van der Waals surface area contributed by atoms with Gasteiger partial charge < -0.3 is 14.2 Å². The van der Waals surface area contributed by atoms with E-state index in [2.05, 4.69) is 4.98 Å². The lowest BCUT2D eigenvalue weighted by Crippen LogP contribution is -2.26. The van der Waals surface area contributed by atoms with E-state index in [9.17, 15) is 4.79 Å². The molecule has 1 atom stereocenters. The second kappa shape index (κ2) is 3.48. The van der Waals surface area contributed by atoms with Gasteiger partial charge in [0.25, 0.3) is 0 Å². The van der Waals surface area contributed by atoms with Crippen LogP contribution in [-0.4, -0.2) is 41.5 Å². The molecule has 1 saturated heterocycles. The fourth-order valence-electron chi connectivity index (χ4n) is 2.27. The molecule has 2 amide bonds. The average molecular weight is 231 g/mol. The van der Waals surface area contributed by atoms with Crippen molar-refractivity contribution >= 4 is 17.1 Å². The average Bonchev–Trinajstić information content (AvgIpc) is 2.89. The molecule has 1 aliphatic rings. The molecule has 3 rings (SSSR count). The van der Waals surface area contributed by atoms with Gasteiger partial charge in [0, 0.05) is 20.6 Å². The van der Waals surface area contributed by atoms with Crippen LogP contribution in [0.3, 0.4) is 0 Å². The Morgan fingerprint density at radius 1 is 1.41 bits per heavy atom. The first-order valence-electron chi connectivity index (χ1n) is 5.48. The highest BCUT2D eigenvalue weighted by atomic mass is 16.3. The summed E-state index contributed by atoms with van der Waals surface area (Å²) in [4.78, 5) is 19.3. The molecule has 1 unspecified atom stereocenters. The zero-order valence-corrected chi connectivity index (χ0v) is 9.75. The van der Waals surface area contributed by atoms with Crippen molar-refractivity contribution in [2.24, 2.45) is 0 Å². The van der Waals surface area contributed by atoms with Crippen LogP contribution >= 0.6 is 0 Å². The molecule has 0 aliphatic carbocycles.